The third kappa shape index (κ3) is 3.97. The first-order valence-electron chi connectivity index (χ1n) is 6.79. The van der Waals surface area contributed by atoms with Crippen molar-refractivity contribution >= 4 is 39.0 Å². The molecule has 0 amide bonds. The summed E-state index contributed by atoms with van der Waals surface area (Å²) in [5.41, 5.74) is 0.495. The molecule has 0 radical (unpaired) electrons. The fourth-order valence-corrected chi connectivity index (χ4v) is 4.55. The molecule has 2 rings (SSSR count). The Kier molecular flexibility index (Phi) is 5.43. The van der Waals surface area contributed by atoms with Crippen LogP contribution in [0.2, 0.25) is 0 Å². The summed E-state index contributed by atoms with van der Waals surface area (Å²) in [5, 5.41) is 0. The second kappa shape index (κ2) is 7.19. The second-order valence-electron chi connectivity index (χ2n) is 4.85. The van der Waals surface area contributed by atoms with Gasteiger partial charge in [0, 0.05) is 0 Å². The normalized spacial score (nSPS) is 11.0. The summed E-state index contributed by atoms with van der Waals surface area (Å²) in [5.74, 6) is -2.34. The first-order chi connectivity index (χ1) is 11.7. The Morgan fingerprint density at radius 3 is 2.36 bits per heavy atom. The van der Waals surface area contributed by atoms with Crippen molar-refractivity contribution in [3.05, 3.63) is 45.4 Å². The highest BCUT2D eigenvalue weighted by molar-refractivity contribution is 7.93. The molecule has 134 valence electrons. The minimum absolute atomic E-state index is 0.0154. The zero-order chi connectivity index (χ0) is 18.8. The monoisotopic (exact) mass is 387 g/mol. The molecule has 0 fully saturated rings. The third-order valence-corrected chi connectivity index (χ3v) is 5.80. The number of anilines is 1. The quantitative estimate of drug-likeness (QED) is 0.792. The molecule has 7 nitrogen and oxygen atoms in total. The van der Waals surface area contributed by atoms with Gasteiger partial charge in [0.25, 0.3) is 10.0 Å². The highest BCUT2D eigenvalue weighted by Gasteiger charge is 2.29. The Bertz CT molecular complexity index is 935. The van der Waals surface area contributed by atoms with Gasteiger partial charge >= 0.3 is 11.9 Å². The molecular weight excluding hydrogens is 373 g/mol. The molecule has 1 aromatic carbocycles. The fourth-order valence-electron chi connectivity index (χ4n) is 1.91. The first kappa shape index (κ1) is 18.9. The van der Waals surface area contributed by atoms with Gasteiger partial charge in [-0.15, -0.1) is 11.3 Å². The van der Waals surface area contributed by atoms with Crippen molar-refractivity contribution in [1.29, 1.82) is 0 Å². The van der Waals surface area contributed by atoms with Crippen LogP contribution in [-0.4, -0.2) is 34.6 Å². The topological polar surface area (TPSA) is 98.8 Å². The minimum Gasteiger partial charge on any atom is -0.465 e. The molecule has 0 aliphatic carbocycles. The SMILES string of the molecule is COC(=O)c1cc(S(=O)(=O)Nc2cc(F)ccc2C)c(C(=O)OC)s1. The number of sulfonamides is 1. The maximum Gasteiger partial charge on any atom is 0.349 e. The van der Waals surface area contributed by atoms with Gasteiger partial charge in [-0.1, -0.05) is 6.07 Å². The molecule has 0 atom stereocenters. The largest absolute Gasteiger partial charge is 0.465 e. The first-order valence-corrected chi connectivity index (χ1v) is 9.09. The maximum absolute atomic E-state index is 13.4. The van der Waals surface area contributed by atoms with Gasteiger partial charge in [-0.25, -0.2) is 22.4 Å². The van der Waals surface area contributed by atoms with Crippen molar-refractivity contribution in [2.75, 3.05) is 18.9 Å². The number of esters is 2. The van der Waals surface area contributed by atoms with Gasteiger partial charge in [0.05, 0.1) is 19.9 Å². The number of carbonyl (C=O) groups is 2. The Morgan fingerprint density at radius 1 is 1.12 bits per heavy atom. The van der Waals surface area contributed by atoms with Crippen LogP contribution >= 0.6 is 11.3 Å². The average molecular weight is 387 g/mol. The number of ether oxygens (including phenoxy) is 2. The van der Waals surface area contributed by atoms with E-state index in [-0.39, 0.29) is 15.4 Å². The molecule has 2 aromatic rings. The van der Waals surface area contributed by atoms with E-state index in [0.717, 1.165) is 26.4 Å². The molecule has 10 heteroatoms. The van der Waals surface area contributed by atoms with E-state index in [2.05, 4.69) is 14.2 Å². The van der Waals surface area contributed by atoms with E-state index in [9.17, 15) is 22.4 Å². The Balaban J connectivity index is 2.54. The summed E-state index contributed by atoms with van der Waals surface area (Å²) >= 11 is 0.627. The van der Waals surface area contributed by atoms with Crippen LogP contribution < -0.4 is 4.72 Å². The Labute approximate surface area is 147 Å². The summed E-state index contributed by atoms with van der Waals surface area (Å²) in [6.07, 6.45) is 0. The van der Waals surface area contributed by atoms with E-state index in [0.29, 0.717) is 16.9 Å². The number of hydrogen-bond acceptors (Lipinski definition) is 7. The maximum atomic E-state index is 13.4. The number of rotatable bonds is 5. The number of carbonyl (C=O) groups excluding carboxylic acids is 2. The zero-order valence-corrected chi connectivity index (χ0v) is 15.1. The van der Waals surface area contributed by atoms with Gasteiger partial charge in [-0.3, -0.25) is 4.72 Å². The zero-order valence-electron chi connectivity index (χ0n) is 13.5. The van der Waals surface area contributed by atoms with Crippen molar-refractivity contribution in [2.24, 2.45) is 0 Å². The minimum atomic E-state index is -4.27. The average Bonchev–Trinajstić information content (AvgIpc) is 3.03. The van der Waals surface area contributed by atoms with Crippen LogP contribution in [0.3, 0.4) is 0 Å². The fraction of sp³-hybridized carbons (Fsp3) is 0.200. The van der Waals surface area contributed by atoms with Crippen LogP contribution in [0.15, 0.2) is 29.2 Å². The smallest absolute Gasteiger partial charge is 0.349 e. The number of aryl methyl sites for hydroxylation is 1. The standard InChI is InChI=1S/C15H14FNO6S2/c1-8-4-5-9(16)6-10(8)17-25(20,21)12-7-11(14(18)22-2)24-13(12)15(19)23-3/h4-7,17H,1-3H3. The Morgan fingerprint density at radius 2 is 1.76 bits per heavy atom. The number of nitrogens with one attached hydrogen (secondary N) is 1. The molecule has 1 N–H and O–H groups in total. The van der Waals surface area contributed by atoms with Gasteiger partial charge in [0.1, 0.15) is 20.5 Å². The number of benzene rings is 1. The van der Waals surface area contributed by atoms with Crippen molar-refractivity contribution in [1.82, 2.24) is 0 Å². The summed E-state index contributed by atoms with van der Waals surface area (Å²) < 4.78 is 50.0. The van der Waals surface area contributed by atoms with Crippen molar-refractivity contribution in [2.45, 2.75) is 11.8 Å². The molecular formula is C15H14FNO6S2. The van der Waals surface area contributed by atoms with Crippen LogP contribution in [0.4, 0.5) is 10.1 Å². The summed E-state index contributed by atoms with van der Waals surface area (Å²) in [6, 6.07) is 4.62. The van der Waals surface area contributed by atoms with E-state index in [1.54, 1.807) is 6.92 Å². The van der Waals surface area contributed by atoms with Crippen LogP contribution in [0.5, 0.6) is 0 Å². The van der Waals surface area contributed by atoms with Gasteiger partial charge in [-0.05, 0) is 30.7 Å². The van der Waals surface area contributed by atoms with E-state index in [4.69, 9.17) is 0 Å². The van der Waals surface area contributed by atoms with E-state index < -0.39 is 32.7 Å². The van der Waals surface area contributed by atoms with E-state index >= 15 is 0 Å². The number of halogens is 1. The summed E-state index contributed by atoms with van der Waals surface area (Å²) in [6.45, 7) is 1.59. The lowest BCUT2D eigenvalue weighted by Crippen LogP contribution is -2.16. The van der Waals surface area contributed by atoms with Crippen LogP contribution in [0.25, 0.3) is 0 Å². The Hall–Kier alpha value is -2.46. The van der Waals surface area contributed by atoms with Gasteiger partial charge in [0.2, 0.25) is 0 Å². The van der Waals surface area contributed by atoms with Crippen LogP contribution in [-0.2, 0) is 19.5 Å². The third-order valence-electron chi connectivity index (χ3n) is 3.19. The molecule has 25 heavy (non-hydrogen) atoms. The van der Waals surface area contributed by atoms with E-state index in [1.807, 2.05) is 0 Å². The molecule has 1 aromatic heterocycles. The van der Waals surface area contributed by atoms with Crippen molar-refractivity contribution in [3.8, 4) is 0 Å². The molecule has 0 saturated carbocycles. The molecule has 0 saturated heterocycles. The molecule has 0 unspecified atom stereocenters. The predicted octanol–water partition coefficient (Wildman–Crippen LogP) is 2.57. The van der Waals surface area contributed by atoms with Gasteiger partial charge < -0.3 is 9.47 Å². The molecule has 0 aliphatic rings. The molecule has 0 spiro atoms. The predicted molar refractivity (Wildman–Crippen MR) is 88.9 cm³/mol. The summed E-state index contributed by atoms with van der Waals surface area (Å²) in [4.78, 5) is 22.7. The number of hydrogen-bond donors (Lipinski definition) is 1. The molecule has 0 bridgehead atoms. The highest BCUT2D eigenvalue weighted by atomic mass is 32.2. The van der Waals surface area contributed by atoms with E-state index in [1.165, 1.54) is 12.1 Å². The molecule has 1 heterocycles. The number of thiophene rings is 1. The highest BCUT2D eigenvalue weighted by Crippen LogP contribution is 2.30. The number of methoxy groups -OCH3 is 2. The lowest BCUT2D eigenvalue weighted by atomic mass is 10.2. The van der Waals surface area contributed by atoms with Crippen LogP contribution in [0.1, 0.15) is 24.9 Å². The van der Waals surface area contributed by atoms with Gasteiger partial charge in [0.15, 0.2) is 0 Å². The van der Waals surface area contributed by atoms with Gasteiger partial charge in [-0.2, -0.15) is 0 Å². The second-order valence-corrected chi connectivity index (χ2v) is 7.55. The van der Waals surface area contributed by atoms with Crippen molar-refractivity contribution < 1.29 is 31.9 Å². The van der Waals surface area contributed by atoms with Crippen LogP contribution in [0, 0.1) is 12.7 Å². The lowest BCUT2D eigenvalue weighted by molar-refractivity contribution is 0.0596. The summed E-state index contributed by atoms with van der Waals surface area (Å²) in [7, 11) is -2.06. The van der Waals surface area contributed by atoms with Crippen molar-refractivity contribution in [3.63, 3.8) is 0 Å². The molecule has 0 aliphatic heterocycles. The lowest BCUT2D eigenvalue weighted by Gasteiger charge is -2.10.